The van der Waals surface area contributed by atoms with E-state index in [0.717, 1.165) is 49.9 Å². The van der Waals surface area contributed by atoms with Gasteiger partial charge in [0.15, 0.2) is 0 Å². The summed E-state index contributed by atoms with van der Waals surface area (Å²) in [7, 11) is 0. The Hall–Kier alpha value is -1.67. The van der Waals surface area contributed by atoms with Crippen LogP contribution < -0.4 is 15.8 Å². The quantitative estimate of drug-likeness (QED) is 0.643. The number of fused-ring (bicyclic) bond motifs is 3. The predicted molar refractivity (Wildman–Crippen MR) is 121 cm³/mol. The molecule has 4 aliphatic carbocycles. The summed E-state index contributed by atoms with van der Waals surface area (Å²) in [5, 5.41) is 2.61. The van der Waals surface area contributed by atoms with Crippen LogP contribution >= 0.6 is 0 Å². The van der Waals surface area contributed by atoms with Gasteiger partial charge in [0.1, 0.15) is 5.75 Å². The molecule has 5 fully saturated rings. The molecule has 33 heavy (non-hydrogen) atoms. The van der Waals surface area contributed by atoms with Crippen LogP contribution in [0.25, 0.3) is 0 Å². The van der Waals surface area contributed by atoms with Crippen LogP contribution in [0.15, 0.2) is 24.3 Å². The molecule has 1 aliphatic heterocycles. The van der Waals surface area contributed by atoms with E-state index in [1.807, 2.05) is 24.3 Å². The molecule has 1 saturated heterocycles. The molecule has 0 radical (unpaired) electrons. The van der Waals surface area contributed by atoms with Crippen molar-refractivity contribution < 1.29 is 24.0 Å². The summed E-state index contributed by atoms with van der Waals surface area (Å²) in [6, 6.07) is 7.80. The van der Waals surface area contributed by atoms with Crippen LogP contribution in [0.2, 0.25) is 0 Å². The van der Waals surface area contributed by atoms with Crippen molar-refractivity contribution >= 4 is 6.09 Å². The largest absolute Gasteiger partial charge is 0.412 e. The molecule has 7 unspecified atom stereocenters. The van der Waals surface area contributed by atoms with Crippen LogP contribution in [0.3, 0.4) is 0 Å². The first-order valence-electron chi connectivity index (χ1n) is 12.9. The first-order valence-corrected chi connectivity index (χ1v) is 12.9. The normalized spacial score (nSPS) is 41.4. The summed E-state index contributed by atoms with van der Waals surface area (Å²) in [6.45, 7) is 0.780. The van der Waals surface area contributed by atoms with Crippen molar-refractivity contribution in [3.63, 3.8) is 0 Å². The molecule has 3 N–H and O–H groups in total. The number of ether oxygens (including phenoxy) is 2. The number of carbonyl (C=O) groups excluding carboxylic acids is 1. The Labute approximate surface area is 195 Å². The second-order valence-electron chi connectivity index (χ2n) is 11.0. The summed E-state index contributed by atoms with van der Waals surface area (Å²) in [6.07, 6.45) is 10.9. The fraction of sp³-hybridized carbons (Fsp3) is 0.731. The fourth-order valence-corrected chi connectivity index (χ4v) is 7.45. The van der Waals surface area contributed by atoms with Crippen molar-refractivity contribution in [1.29, 1.82) is 0 Å². The van der Waals surface area contributed by atoms with E-state index in [0.29, 0.717) is 30.7 Å². The highest BCUT2D eigenvalue weighted by molar-refractivity contribution is 5.70. The zero-order valence-electron chi connectivity index (χ0n) is 19.3. The number of nitrogens with one attached hydrogen (secondary N) is 1. The molecule has 6 rings (SSSR count). The summed E-state index contributed by atoms with van der Waals surface area (Å²) in [4.78, 5) is 24.1. The number of rotatable bonds is 4. The van der Waals surface area contributed by atoms with E-state index in [9.17, 15) is 4.79 Å². The van der Waals surface area contributed by atoms with Gasteiger partial charge in [0.25, 0.3) is 0 Å². The van der Waals surface area contributed by atoms with Crippen molar-refractivity contribution in [2.24, 2.45) is 29.4 Å². The molecule has 180 valence electrons. The van der Waals surface area contributed by atoms with E-state index in [1.54, 1.807) is 0 Å². The highest BCUT2D eigenvalue weighted by Crippen LogP contribution is 2.61. The monoisotopic (exact) mass is 456 g/mol. The lowest BCUT2D eigenvalue weighted by molar-refractivity contribution is -0.375. The van der Waals surface area contributed by atoms with E-state index >= 15 is 0 Å². The highest BCUT2D eigenvalue weighted by atomic mass is 17.3. The number of hydrogen-bond donors (Lipinski definition) is 2. The second kappa shape index (κ2) is 8.52. The van der Waals surface area contributed by atoms with Gasteiger partial charge in [-0.15, -0.1) is 0 Å². The number of benzene rings is 1. The molecule has 0 aromatic heterocycles. The lowest BCUT2D eigenvalue weighted by atomic mass is 9.55. The van der Waals surface area contributed by atoms with Crippen molar-refractivity contribution in [2.45, 2.75) is 81.7 Å². The van der Waals surface area contributed by atoms with Crippen LogP contribution in [-0.4, -0.2) is 30.8 Å². The smallest absolute Gasteiger partial charge is 0.410 e. The molecule has 5 aliphatic rings. The number of carbonyl (C=O) groups is 1. The Morgan fingerprint density at radius 1 is 1.06 bits per heavy atom. The lowest BCUT2D eigenvalue weighted by Gasteiger charge is -2.54. The lowest BCUT2D eigenvalue weighted by Crippen LogP contribution is -2.54. The molecule has 7 atom stereocenters. The predicted octanol–water partition coefficient (Wildman–Crippen LogP) is 4.61. The maximum Gasteiger partial charge on any atom is 0.412 e. The second-order valence-corrected chi connectivity index (χ2v) is 11.0. The van der Waals surface area contributed by atoms with Crippen molar-refractivity contribution in [3.05, 3.63) is 29.8 Å². The van der Waals surface area contributed by atoms with Gasteiger partial charge in [0.05, 0.1) is 0 Å². The minimum absolute atomic E-state index is 0.330. The maximum atomic E-state index is 11.8. The standard InChI is InChI=1S/C26H36N2O5/c27-10-11-28-24(29)30-23-7-5-18(6-8-23)19-2-1-9-25(15-19)31-26(33-32-25)16-20-4-3-17-12-21(20)14-22(26)13-17/h5-8,17,19-22H,1-4,9-16,27H2,(H,28,29). The summed E-state index contributed by atoms with van der Waals surface area (Å²) in [5.41, 5.74) is 6.63. The van der Waals surface area contributed by atoms with E-state index in [2.05, 4.69) is 5.32 Å². The Morgan fingerprint density at radius 3 is 2.79 bits per heavy atom. The number of hydrogen-bond acceptors (Lipinski definition) is 6. The van der Waals surface area contributed by atoms with E-state index in [-0.39, 0.29) is 0 Å². The Kier molecular flexibility index (Phi) is 5.64. The highest BCUT2D eigenvalue weighted by Gasteiger charge is 2.63. The van der Waals surface area contributed by atoms with Gasteiger partial charge in [-0.3, -0.25) is 0 Å². The summed E-state index contributed by atoms with van der Waals surface area (Å²) < 4.78 is 12.2. The van der Waals surface area contributed by atoms with Gasteiger partial charge in [0.2, 0.25) is 11.6 Å². The van der Waals surface area contributed by atoms with Crippen LogP contribution in [-0.2, 0) is 14.5 Å². The van der Waals surface area contributed by atoms with Gasteiger partial charge in [-0.25, -0.2) is 4.79 Å². The summed E-state index contributed by atoms with van der Waals surface area (Å²) in [5.74, 6) is 2.61. The third-order valence-corrected chi connectivity index (χ3v) is 8.96. The van der Waals surface area contributed by atoms with Gasteiger partial charge in [-0.2, -0.15) is 9.78 Å². The summed E-state index contributed by atoms with van der Waals surface area (Å²) >= 11 is 0. The Balaban J connectivity index is 1.13. The van der Waals surface area contributed by atoms with Crippen LogP contribution in [0.4, 0.5) is 4.79 Å². The van der Waals surface area contributed by atoms with Crippen molar-refractivity contribution in [2.75, 3.05) is 13.1 Å². The van der Waals surface area contributed by atoms with E-state index < -0.39 is 17.7 Å². The molecule has 1 aromatic rings. The molecular formula is C26H36N2O5. The zero-order valence-corrected chi connectivity index (χ0v) is 19.3. The first-order chi connectivity index (χ1) is 16.1. The molecule has 4 saturated carbocycles. The Bertz CT molecular complexity index is 876. The number of amides is 1. The molecule has 3 bridgehead atoms. The molecular weight excluding hydrogens is 420 g/mol. The molecule has 1 heterocycles. The van der Waals surface area contributed by atoms with Crippen LogP contribution in [0, 0.1) is 23.7 Å². The van der Waals surface area contributed by atoms with E-state index in [4.69, 9.17) is 25.0 Å². The zero-order chi connectivity index (χ0) is 22.5. The molecule has 7 nitrogen and oxygen atoms in total. The topological polar surface area (TPSA) is 92.0 Å². The average Bonchev–Trinajstić information content (AvgIpc) is 3.17. The molecule has 2 spiro atoms. The third-order valence-electron chi connectivity index (χ3n) is 8.96. The fourth-order valence-electron chi connectivity index (χ4n) is 7.45. The van der Waals surface area contributed by atoms with Crippen LogP contribution in [0.5, 0.6) is 5.75 Å². The third kappa shape index (κ3) is 4.07. The van der Waals surface area contributed by atoms with Crippen molar-refractivity contribution in [1.82, 2.24) is 5.32 Å². The van der Waals surface area contributed by atoms with Crippen molar-refractivity contribution in [3.8, 4) is 5.75 Å². The minimum atomic E-state index is -0.635. The van der Waals surface area contributed by atoms with E-state index in [1.165, 1.54) is 37.7 Å². The molecule has 1 aromatic carbocycles. The van der Waals surface area contributed by atoms with Gasteiger partial charge in [0, 0.05) is 38.3 Å². The number of nitrogens with two attached hydrogens (primary N) is 1. The first kappa shape index (κ1) is 21.8. The van der Waals surface area contributed by atoms with Gasteiger partial charge in [-0.05, 0) is 79.9 Å². The molecule has 7 heteroatoms. The minimum Gasteiger partial charge on any atom is -0.410 e. The SMILES string of the molecule is NCCNC(=O)Oc1ccc(C2CCCC3(C2)OOC2(CC4CCC5CC4CC2C5)O3)cc1. The maximum absolute atomic E-state index is 11.8. The molecule has 1 amide bonds. The van der Waals surface area contributed by atoms with Gasteiger partial charge in [-0.1, -0.05) is 18.6 Å². The van der Waals surface area contributed by atoms with Gasteiger partial charge >= 0.3 is 6.09 Å². The van der Waals surface area contributed by atoms with Gasteiger partial charge < -0.3 is 20.5 Å². The Morgan fingerprint density at radius 2 is 1.94 bits per heavy atom. The van der Waals surface area contributed by atoms with Crippen LogP contribution in [0.1, 0.15) is 75.7 Å². The average molecular weight is 457 g/mol.